The smallest absolute Gasteiger partial charge is 0.335 e. The molecule has 0 bridgehead atoms. The van der Waals surface area contributed by atoms with Crippen molar-refractivity contribution in [3.63, 3.8) is 0 Å². The molecule has 0 saturated heterocycles. The van der Waals surface area contributed by atoms with Crippen molar-refractivity contribution in [1.29, 1.82) is 0 Å². The van der Waals surface area contributed by atoms with Crippen molar-refractivity contribution in [2.75, 3.05) is 26.3 Å². The molecule has 1 aromatic rings. The minimum Gasteiger partial charge on any atom is -0.478 e. The van der Waals surface area contributed by atoms with Gasteiger partial charge in [-0.1, -0.05) is 19.1 Å². The van der Waals surface area contributed by atoms with Gasteiger partial charge in [-0.05, 0) is 30.0 Å². The Kier molecular flexibility index (Phi) is 4.93. The van der Waals surface area contributed by atoms with E-state index < -0.39 is 5.97 Å². The highest BCUT2D eigenvalue weighted by atomic mass is 16.5. The van der Waals surface area contributed by atoms with Crippen LogP contribution in [0.5, 0.6) is 0 Å². The maximum Gasteiger partial charge on any atom is 0.335 e. The number of ether oxygens (including phenoxy) is 1. The summed E-state index contributed by atoms with van der Waals surface area (Å²) in [5.74, 6) is -0.823. The van der Waals surface area contributed by atoms with Gasteiger partial charge in [-0.2, -0.15) is 0 Å². The first-order valence-corrected chi connectivity index (χ1v) is 6.86. The lowest BCUT2D eigenvalue weighted by molar-refractivity contribution is 0.0693. The Labute approximate surface area is 114 Å². The summed E-state index contributed by atoms with van der Waals surface area (Å²) >= 11 is 0. The first-order chi connectivity index (χ1) is 9.22. The molecule has 0 radical (unpaired) electrons. The van der Waals surface area contributed by atoms with Gasteiger partial charge in [0.2, 0.25) is 0 Å². The summed E-state index contributed by atoms with van der Waals surface area (Å²) in [6, 6.07) is 5.56. The topological polar surface area (TPSA) is 49.8 Å². The molecule has 1 N–H and O–H groups in total. The van der Waals surface area contributed by atoms with Crippen molar-refractivity contribution >= 4 is 5.97 Å². The van der Waals surface area contributed by atoms with Crippen LogP contribution in [0.3, 0.4) is 0 Å². The predicted molar refractivity (Wildman–Crippen MR) is 73.5 cm³/mol. The van der Waals surface area contributed by atoms with E-state index in [0.717, 1.165) is 56.8 Å². The number of carboxylic acid groups (broad SMARTS) is 1. The number of benzene rings is 1. The van der Waals surface area contributed by atoms with Crippen LogP contribution in [0, 0.1) is 0 Å². The van der Waals surface area contributed by atoms with Crippen LogP contribution >= 0.6 is 0 Å². The van der Waals surface area contributed by atoms with Gasteiger partial charge >= 0.3 is 5.97 Å². The fourth-order valence-corrected chi connectivity index (χ4v) is 2.50. The average molecular weight is 263 g/mol. The van der Waals surface area contributed by atoms with Crippen LogP contribution in [0.25, 0.3) is 0 Å². The zero-order chi connectivity index (χ0) is 13.7. The lowest BCUT2D eigenvalue weighted by Gasteiger charge is -2.29. The number of fused-ring (bicyclic) bond motifs is 1. The Bertz CT molecular complexity index is 445. The monoisotopic (exact) mass is 263 g/mol. The highest BCUT2D eigenvalue weighted by Gasteiger charge is 2.20. The molecule has 0 fully saturated rings. The number of nitrogens with zero attached hydrogens (tertiary/aromatic N) is 1. The number of hydrogen-bond acceptors (Lipinski definition) is 3. The highest BCUT2D eigenvalue weighted by molar-refractivity contribution is 5.89. The SMILES string of the molecule is CCCOCCN1CCc2c(cccc2C(=O)O)C1. The van der Waals surface area contributed by atoms with Crippen molar-refractivity contribution in [1.82, 2.24) is 4.90 Å². The van der Waals surface area contributed by atoms with E-state index in [2.05, 4.69) is 11.8 Å². The predicted octanol–water partition coefficient (Wildman–Crippen LogP) is 2.17. The standard InChI is InChI=1S/C15H21NO3/c1-2-9-19-10-8-16-7-6-13-12(11-16)4-3-5-14(13)15(17)18/h3-5H,2,6-11H2,1H3,(H,17,18). The van der Waals surface area contributed by atoms with E-state index in [1.807, 2.05) is 12.1 Å². The van der Waals surface area contributed by atoms with Gasteiger partial charge in [0.05, 0.1) is 12.2 Å². The van der Waals surface area contributed by atoms with Gasteiger partial charge in [0.25, 0.3) is 0 Å². The van der Waals surface area contributed by atoms with Crippen molar-refractivity contribution in [2.24, 2.45) is 0 Å². The number of hydrogen-bond donors (Lipinski definition) is 1. The molecule has 0 saturated carbocycles. The van der Waals surface area contributed by atoms with E-state index >= 15 is 0 Å². The fourth-order valence-electron chi connectivity index (χ4n) is 2.50. The Balaban J connectivity index is 1.96. The zero-order valence-corrected chi connectivity index (χ0v) is 11.4. The number of aromatic carboxylic acids is 1. The number of rotatable bonds is 6. The third-order valence-electron chi connectivity index (χ3n) is 3.48. The molecule has 2 rings (SSSR count). The van der Waals surface area contributed by atoms with Gasteiger partial charge in [0, 0.05) is 26.2 Å². The van der Waals surface area contributed by atoms with Crippen molar-refractivity contribution in [3.8, 4) is 0 Å². The van der Waals surface area contributed by atoms with E-state index in [1.54, 1.807) is 6.07 Å². The Hall–Kier alpha value is -1.39. The molecule has 104 valence electrons. The third-order valence-corrected chi connectivity index (χ3v) is 3.48. The molecule has 1 aliphatic heterocycles. The van der Waals surface area contributed by atoms with Gasteiger partial charge in [0.1, 0.15) is 0 Å². The largest absolute Gasteiger partial charge is 0.478 e. The van der Waals surface area contributed by atoms with Crippen molar-refractivity contribution < 1.29 is 14.6 Å². The lowest BCUT2D eigenvalue weighted by atomic mass is 9.94. The zero-order valence-electron chi connectivity index (χ0n) is 11.4. The van der Waals surface area contributed by atoms with Crippen LogP contribution < -0.4 is 0 Å². The van der Waals surface area contributed by atoms with E-state index in [0.29, 0.717) is 5.56 Å². The van der Waals surface area contributed by atoms with Crippen molar-refractivity contribution in [3.05, 3.63) is 34.9 Å². The molecule has 4 heteroatoms. The van der Waals surface area contributed by atoms with E-state index in [1.165, 1.54) is 0 Å². The maximum absolute atomic E-state index is 11.2. The van der Waals surface area contributed by atoms with Gasteiger partial charge in [0.15, 0.2) is 0 Å². The van der Waals surface area contributed by atoms with E-state index in [-0.39, 0.29) is 0 Å². The molecule has 0 spiro atoms. The van der Waals surface area contributed by atoms with E-state index in [4.69, 9.17) is 4.74 Å². The summed E-state index contributed by atoms with van der Waals surface area (Å²) in [6.45, 7) is 6.31. The first kappa shape index (κ1) is 14.0. The van der Waals surface area contributed by atoms with Crippen LogP contribution in [0.4, 0.5) is 0 Å². The van der Waals surface area contributed by atoms with Gasteiger partial charge < -0.3 is 9.84 Å². The van der Waals surface area contributed by atoms with Crippen LogP contribution in [-0.4, -0.2) is 42.3 Å². The molecule has 1 aromatic carbocycles. The fraction of sp³-hybridized carbons (Fsp3) is 0.533. The number of carboxylic acids is 1. The molecule has 1 heterocycles. The molecule has 0 unspecified atom stereocenters. The molecular formula is C15H21NO3. The average Bonchev–Trinajstić information content (AvgIpc) is 2.42. The molecule has 0 amide bonds. The van der Waals surface area contributed by atoms with Gasteiger partial charge in [-0.25, -0.2) is 4.79 Å². The summed E-state index contributed by atoms with van der Waals surface area (Å²) in [7, 11) is 0. The highest BCUT2D eigenvalue weighted by Crippen LogP contribution is 2.22. The van der Waals surface area contributed by atoms with Crippen LogP contribution in [0.1, 0.15) is 34.8 Å². The molecule has 19 heavy (non-hydrogen) atoms. The van der Waals surface area contributed by atoms with Gasteiger partial charge in [-0.3, -0.25) is 4.90 Å². The minimum atomic E-state index is -0.823. The van der Waals surface area contributed by atoms with Crippen LogP contribution in [0.15, 0.2) is 18.2 Å². The van der Waals surface area contributed by atoms with Crippen LogP contribution in [0.2, 0.25) is 0 Å². The summed E-state index contributed by atoms with van der Waals surface area (Å²) in [5.41, 5.74) is 2.60. The second kappa shape index (κ2) is 6.68. The third kappa shape index (κ3) is 3.55. The van der Waals surface area contributed by atoms with Gasteiger partial charge in [-0.15, -0.1) is 0 Å². The molecule has 0 atom stereocenters. The van der Waals surface area contributed by atoms with Crippen molar-refractivity contribution in [2.45, 2.75) is 26.3 Å². The Morgan fingerprint density at radius 1 is 1.42 bits per heavy atom. The molecule has 0 aromatic heterocycles. The Morgan fingerprint density at radius 3 is 3.00 bits per heavy atom. The Morgan fingerprint density at radius 2 is 2.26 bits per heavy atom. The first-order valence-electron chi connectivity index (χ1n) is 6.86. The number of carbonyl (C=O) groups is 1. The molecule has 1 aliphatic rings. The maximum atomic E-state index is 11.2. The second-order valence-electron chi connectivity index (χ2n) is 4.89. The van der Waals surface area contributed by atoms with Crippen LogP contribution in [-0.2, 0) is 17.7 Å². The molecular weight excluding hydrogens is 242 g/mol. The minimum absolute atomic E-state index is 0.458. The van der Waals surface area contributed by atoms with E-state index in [9.17, 15) is 9.90 Å². The normalized spacial score (nSPS) is 15.2. The summed E-state index contributed by atoms with van der Waals surface area (Å²) < 4.78 is 5.50. The molecule has 0 aliphatic carbocycles. The quantitative estimate of drug-likeness (QED) is 0.799. The summed E-state index contributed by atoms with van der Waals surface area (Å²) in [5, 5.41) is 9.17. The summed E-state index contributed by atoms with van der Waals surface area (Å²) in [4.78, 5) is 13.5. The second-order valence-corrected chi connectivity index (χ2v) is 4.89. The molecule has 4 nitrogen and oxygen atoms in total. The summed E-state index contributed by atoms with van der Waals surface area (Å²) in [6.07, 6.45) is 1.86. The lowest BCUT2D eigenvalue weighted by Crippen LogP contribution is -2.34.